The van der Waals surface area contributed by atoms with E-state index in [0.29, 0.717) is 20.9 Å². The fraction of sp³-hybridized carbons (Fsp3) is 0.278. The zero-order valence-corrected chi connectivity index (χ0v) is 16.1. The quantitative estimate of drug-likeness (QED) is 0.746. The highest BCUT2D eigenvalue weighted by Gasteiger charge is 2.19. The summed E-state index contributed by atoms with van der Waals surface area (Å²) in [6.45, 7) is 5.41. The van der Waals surface area contributed by atoms with E-state index in [1.807, 2.05) is 20.8 Å². The Balaban J connectivity index is 2.21. The molecule has 0 atom stereocenters. The van der Waals surface area contributed by atoms with Gasteiger partial charge in [-0.2, -0.15) is 0 Å². The summed E-state index contributed by atoms with van der Waals surface area (Å²) in [5, 5.41) is 4.97. The van der Waals surface area contributed by atoms with Crippen LogP contribution >= 0.6 is 22.9 Å². The lowest BCUT2D eigenvalue weighted by Crippen LogP contribution is -2.45. The number of rotatable bonds is 3. The molecule has 0 saturated carbocycles. The molecule has 1 aromatic carbocycles. The van der Waals surface area contributed by atoms with Crippen LogP contribution in [0.3, 0.4) is 0 Å². The van der Waals surface area contributed by atoms with Crippen LogP contribution in [-0.2, 0) is 11.3 Å². The van der Waals surface area contributed by atoms with Crippen LogP contribution in [0, 0.1) is 0 Å². The van der Waals surface area contributed by atoms with Crippen molar-refractivity contribution in [3.8, 4) is 5.69 Å². The lowest BCUT2D eigenvalue weighted by molar-refractivity contribution is -0.123. The zero-order valence-electron chi connectivity index (χ0n) is 14.6. The SMILES string of the molecule is CC(C)(C)NC(=O)Cn1c(=O)n(-c2cccc(Cl)c2)c(=O)c2sccc21. The number of thiophene rings is 1. The van der Waals surface area contributed by atoms with Crippen LogP contribution in [0.2, 0.25) is 5.02 Å². The molecule has 0 bridgehead atoms. The Morgan fingerprint density at radius 1 is 1.23 bits per heavy atom. The normalized spacial score (nSPS) is 11.7. The van der Waals surface area contributed by atoms with Gasteiger partial charge in [-0.15, -0.1) is 11.3 Å². The number of nitrogens with zero attached hydrogens (tertiary/aromatic N) is 2. The van der Waals surface area contributed by atoms with E-state index in [-0.39, 0.29) is 12.5 Å². The molecule has 0 saturated heterocycles. The molecule has 0 radical (unpaired) electrons. The summed E-state index contributed by atoms with van der Waals surface area (Å²) in [6.07, 6.45) is 0. The average Bonchev–Trinajstić information content (AvgIpc) is 3.00. The van der Waals surface area contributed by atoms with Crippen molar-refractivity contribution in [1.29, 1.82) is 0 Å². The van der Waals surface area contributed by atoms with Crippen molar-refractivity contribution in [2.45, 2.75) is 32.9 Å². The second-order valence-corrected chi connectivity index (χ2v) is 8.27. The number of hydrogen-bond donors (Lipinski definition) is 1. The molecule has 3 aromatic rings. The van der Waals surface area contributed by atoms with Crippen molar-refractivity contribution in [1.82, 2.24) is 14.5 Å². The van der Waals surface area contributed by atoms with E-state index in [4.69, 9.17) is 11.6 Å². The summed E-state index contributed by atoms with van der Waals surface area (Å²) in [4.78, 5) is 38.2. The highest BCUT2D eigenvalue weighted by Crippen LogP contribution is 2.18. The third-order valence-electron chi connectivity index (χ3n) is 3.64. The van der Waals surface area contributed by atoms with E-state index in [0.717, 1.165) is 4.57 Å². The molecule has 6 nitrogen and oxygen atoms in total. The lowest BCUT2D eigenvalue weighted by Gasteiger charge is -2.21. The fourth-order valence-electron chi connectivity index (χ4n) is 2.68. The highest BCUT2D eigenvalue weighted by molar-refractivity contribution is 7.17. The summed E-state index contributed by atoms with van der Waals surface area (Å²) >= 11 is 7.24. The molecule has 1 N–H and O–H groups in total. The third kappa shape index (κ3) is 3.59. The number of aromatic nitrogens is 2. The van der Waals surface area contributed by atoms with Gasteiger partial charge in [0.1, 0.15) is 11.2 Å². The van der Waals surface area contributed by atoms with Gasteiger partial charge in [0.25, 0.3) is 5.56 Å². The van der Waals surface area contributed by atoms with Gasteiger partial charge in [0, 0.05) is 10.6 Å². The molecular formula is C18H18ClN3O3S. The second-order valence-electron chi connectivity index (χ2n) is 6.92. The first-order valence-electron chi connectivity index (χ1n) is 7.97. The number of carbonyl (C=O) groups is 1. The predicted molar refractivity (Wildman–Crippen MR) is 105 cm³/mol. The largest absolute Gasteiger partial charge is 0.350 e. The van der Waals surface area contributed by atoms with Crippen LogP contribution in [0.1, 0.15) is 20.8 Å². The highest BCUT2D eigenvalue weighted by atomic mass is 35.5. The van der Waals surface area contributed by atoms with Crippen LogP contribution in [0.15, 0.2) is 45.3 Å². The number of halogens is 1. The number of fused-ring (bicyclic) bond motifs is 1. The van der Waals surface area contributed by atoms with Gasteiger partial charge in [0.15, 0.2) is 0 Å². The molecule has 26 heavy (non-hydrogen) atoms. The van der Waals surface area contributed by atoms with Gasteiger partial charge in [-0.05, 0) is 50.4 Å². The average molecular weight is 392 g/mol. The first-order chi connectivity index (χ1) is 12.2. The first-order valence-corrected chi connectivity index (χ1v) is 9.23. The molecule has 136 valence electrons. The maximum absolute atomic E-state index is 13.0. The number of hydrogen-bond acceptors (Lipinski definition) is 4. The molecule has 0 aliphatic carbocycles. The van der Waals surface area contributed by atoms with E-state index in [1.54, 1.807) is 35.7 Å². The van der Waals surface area contributed by atoms with E-state index in [2.05, 4.69) is 5.32 Å². The van der Waals surface area contributed by atoms with E-state index in [9.17, 15) is 14.4 Å². The standard InChI is InChI=1S/C18H18ClN3O3S/c1-18(2,3)20-14(23)10-21-13-7-8-26-15(13)16(24)22(17(21)25)12-6-4-5-11(19)9-12/h4-9H,10H2,1-3H3,(H,20,23). The topological polar surface area (TPSA) is 73.1 Å². The smallest absolute Gasteiger partial charge is 0.336 e. The van der Waals surface area contributed by atoms with Crippen molar-refractivity contribution in [2.24, 2.45) is 0 Å². The summed E-state index contributed by atoms with van der Waals surface area (Å²) < 4.78 is 2.78. The fourth-order valence-corrected chi connectivity index (χ4v) is 3.69. The molecule has 3 rings (SSSR count). The molecular weight excluding hydrogens is 374 g/mol. The van der Waals surface area contributed by atoms with Gasteiger partial charge in [-0.25, -0.2) is 9.36 Å². The van der Waals surface area contributed by atoms with E-state index < -0.39 is 16.8 Å². The molecule has 2 heterocycles. The van der Waals surface area contributed by atoms with Gasteiger partial charge in [0.2, 0.25) is 5.91 Å². The molecule has 0 aliphatic rings. The Kier molecular flexibility index (Phi) is 4.77. The van der Waals surface area contributed by atoms with Crippen molar-refractivity contribution >= 4 is 39.1 Å². The van der Waals surface area contributed by atoms with Crippen LogP contribution in [0.4, 0.5) is 0 Å². The molecule has 1 amide bonds. The monoisotopic (exact) mass is 391 g/mol. The maximum atomic E-state index is 13.0. The van der Waals surface area contributed by atoms with Crippen LogP contribution < -0.4 is 16.6 Å². The molecule has 2 aromatic heterocycles. The van der Waals surface area contributed by atoms with Gasteiger partial charge in [0.05, 0.1) is 11.2 Å². The summed E-state index contributed by atoms with van der Waals surface area (Å²) in [5.41, 5.74) is -0.599. The Morgan fingerprint density at radius 3 is 2.62 bits per heavy atom. The van der Waals surface area contributed by atoms with Crippen LogP contribution in [-0.4, -0.2) is 20.6 Å². The predicted octanol–water partition coefficient (Wildman–Crippen LogP) is 2.78. The minimum Gasteiger partial charge on any atom is -0.350 e. The van der Waals surface area contributed by atoms with Gasteiger partial charge in [-0.1, -0.05) is 17.7 Å². The molecule has 8 heteroatoms. The van der Waals surface area contributed by atoms with Crippen molar-refractivity contribution in [3.63, 3.8) is 0 Å². The zero-order chi connectivity index (χ0) is 19.1. The van der Waals surface area contributed by atoms with Crippen LogP contribution in [0.5, 0.6) is 0 Å². The first kappa shape index (κ1) is 18.4. The number of benzene rings is 1. The van der Waals surface area contributed by atoms with Crippen LogP contribution in [0.25, 0.3) is 15.9 Å². The van der Waals surface area contributed by atoms with Crippen molar-refractivity contribution in [2.75, 3.05) is 0 Å². The minimum atomic E-state index is -0.577. The van der Waals surface area contributed by atoms with E-state index in [1.165, 1.54) is 15.9 Å². The Bertz CT molecular complexity index is 1110. The molecule has 0 fully saturated rings. The molecule has 0 aliphatic heterocycles. The summed E-state index contributed by atoms with van der Waals surface area (Å²) in [5.74, 6) is -0.302. The molecule has 0 spiro atoms. The summed E-state index contributed by atoms with van der Waals surface area (Å²) in [7, 11) is 0. The summed E-state index contributed by atoms with van der Waals surface area (Å²) in [6, 6.07) is 8.18. The van der Waals surface area contributed by atoms with Gasteiger partial charge < -0.3 is 5.32 Å². The number of nitrogens with one attached hydrogen (secondary N) is 1. The van der Waals surface area contributed by atoms with Gasteiger partial charge in [-0.3, -0.25) is 14.2 Å². The van der Waals surface area contributed by atoms with E-state index >= 15 is 0 Å². The van der Waals surface area contributed by atoms with Crippen molar-refractivity contribution < 1.29 is 4.79 Å². The number of carbonyl (C=O) groups excluding carboxylic acids is 1. The van der Waals surface area contributed by atoms with Crippen molar-refractivity contribution in [3.05, 3.63) is 61.6 Å². The Labute approximate surface area is 158 Å². The second kappa shape index (κ2) is 6.74. The molecule has 0 unspecified atom stereocenters. The Morgan fingerprint density at radius 2 is 1.96 bits per heavy atom. The third-order valence-corrected chi connectivity index (χ3v) is 4.76. The Hall–Kier alpha value is -2.38. The number of amides is 1. The minimum absolute atomic E-state index is 0.176. The lowest BCUT2D eigenvalue weighted by atomic mass is 10.1. The van der Waals surface area contributed by atoms with Gasteiger partial charge >= 0.3 is 5.69 Å². The maximum Gasteiger partial charge on any atom is 0.336 e.